The molecule has 0 N–H and O–H groups in total. The van der Waals surface area contributed by atoms with Crippen LogP contribution < -0.4 is 4.74 Å². The first-order valence-electron chi connectivity index (χ1n) is 8.09. The van der Waals surface area contributed by atoms with Gasteiger partial charge in [0.05, 0.1) is 11.7 Å². The standard InChI is InChI=1S/C18H24O3/c1-14(19)15-6-5-7-16(12-15)20-13-17-8-11-18(21-17)9-3-2-4-10-18/h5-7,12,17H,2-4,8-11,13H2,1H3. The van der Waals surface area contributed by atoms with Crippen LogP contribution >= 0.6 is 0 Å². The van der Waals surface area contributed by atoms with Crippen LogP contribution in [0, 0.1) is 0 Å². The van der Waals surface area contributed by atoms with Crippen molar-refractivity contribution in [1.29, 1.82) is 0 Å². The Labute approximate surface area is 126 Å². The summed E-state index contributed by atoms with van der Waals surface area (Å²) in [4.78, 5) is 11.4. The maximum Gasteiger partial charge on any atom is 0.159 e. The quantitative estimate of drug-likeness (QED) is 0.781. The highest BCUT2D eigenvalue weighted by atomic mass is 16.6. The molecule has 1 heterocycles. The minimum atomic E-state index is 0.0683. The normalized spacial score (nSPS) is 24.1. The van der Waals surface area contributed by atoms with E-state index in [1.165, 1.54) is 38.5 Å². The predicted molar refractivity (Wildman–Crippen MR) is 81.9 cm³/mol. The molecule has 0 radical (unpaired) electrons. The Balaban J connectivity index is 1.54. The van der Waals surface area contributed by atoms with Crippen LogP contribution in [-0.2, 0) is 4.74 Å². The van der Waals surface area contributed by atoms with Gasteiger partial charge in [0, 0.05) is 5.56 Å². The molecule has 1 aromatic carbocycles. The van der Waals surface area contributed by atoms with Crippen molar-refractivity contribution in [1.82, 2.24) is 0 Å². The summed E-state index contributed by atoms with van der Waals surface area (Å²) < 4.78 is 12.1. The molecule has 2 aliphatic rings. The Hall–Kier alpha value is -1.35. The van der Waals surface area contributed by atoms with E-state index in [2.05, 4.69) is 0 Å². The maximum absolute atomic E-state index is 11.4. The van der Waals surface area contributed by atoms with E-state index in [4.69, 9.17) is 9.47 Å². The van der Waals surface area contributed by atoms with Crippen LogP contribution in [0.1, 0.15) is 62.2 Å². The molecule has 0 bridgehead atoms. The molecule has 21 heavy (non-hydrogen) atoms. The van der Waals surface area contributed by atoms with Crippen LogP contribution in [0.15, 0.2) is 24.3 Å². The molecule has 114 valence electrons. The van der Waals surface area contributed by atoms with Crippen molar-refractivity contribution in [3.8, 4) is 5.75 Å². The minimum absolute atomic E-state index is 0.0683. The van der Waals surface area contributed by atoms with Crippen molar-refractivity contribution in [2.45, 2.75) is 63.6 Å². The van der Waals surface area contributed by atoms with E-state index in [-0.39, 0.29) is 17.5 Å². The van der Waals surface area contributed by atoms with Crippen LogP contribution in [-0.4, -0.2) is 24.1 Å². The zero-order valence-corrected chi connectivity index (χ0v) is 12.8. The molecule has 1 aliphatic heterocycles. The first kappa shape index (κ1) is 14.6. The third kappa shape index (κ3) is 3.46. The molecule has 3 rings (SSSR count). The van der Waals surface area contributed by atoms with Gasteiger partial charge in [-0.15, -0.1) is 0 Å². The molecule has 1 spiro atoms. The van der Waals surface area contributed by atoms with Gasteiger partial charge < -0.3 is 9.47 Å². The number of benzene rings is 1. The van der Waals surface area contributed by atoms with Crippen molar-refractivity contribution in [3.05, 3.63) is 29.8 Å². The zero-order valence-electron chi connectivity index (χ0n) is 12.8. The van der Waals surface area contributed by atoms with Gasteiger partial charge in [-0.2, -0.15) is 0 Å². The average molecular weight is 288 g/mol. The summed E-state index contributed by atoms with van der Waals surface area (Å²) in [5.74, 6) is 0.828. The Morgan fingerprint density at radius 1 is 1.29 bits per heavy atom. The van der Waals surface area contributed by atoms with E-state index in [9.17, 15) is 4.79 Å². The van der Waals surface area contributed by atoms with Crippen LogP contribution in [0.2, 0.25) is 0 Å². The average Bonchev–Trinajstić information content (AvgIpc) is 2.89. The fraction of sp³-hybridized carbons (Fsp3) is 0.611. The number of carbonyl (C=O) groups excluding carboxylic acids is 1. The fourth-order valence-corrected chi connectivity index (χ4v) is 3.57. The molecule has 0 amide bonds. The highest BCUT2D eigenvalue weighted by Gasteiger charge is 2.40. The van der Waals surface area contributed by atoms with Gasteiger partial charge >= 0.3 is 0 Å². The second kappa shape index (κ2) is 6.18. The van der Waals surface area contributed by atoms with Crippen LogP contribution in [0.4, 0.5) is 0 Å². The Kier molecular flexibility index (Phi) is 4.29. The molecular weight excluding hydrogens is 264 g/mol. The van der Waals surface area contributed by atoms with Gasteiger partial charge in [0.1, 0.15) is 12.4 Å². The number of ketones is 1. The number of carbonyl (C=O) groups is 1. The van der Waals surface area contributed by atoms with Gasteiger partial charge in [-0.25, -0.2) is 0 Å². The molecule has 1 aromatic rings. The summed E-state index contributed by atoms with van der Waals surface area (Å²) >= 11 is 0. The van der Waals surface area contributed by atoms with E-state index in [0.29, 0.717) is 12.2 Å². The third-order valence-corrected chi connectivity index (χ3v) is 4.78. The number of hydrogen-bond acceptors (Lipinski definition) is 3. The first-order valence-corrected chi connectivity index (χ1v) is 8.09. The molecule has 1 aliphatic carbocycles. The van der Waals surface area contributed by atoms with E-state index in [1.807, 2.05) is 24.3 Å². The summed E-state index contributed by atoms with van der Waals surface area (Å²) in [7, 11) is 0. The van der Waals surface area contributed by atoms with Crippen LogP contribution in [0.5, 0.6) is 5.75 Å². The first-order chi connectivity index (χ1) is 10.2. The zero-order chi connectivity index (χ0) is 14.7. The molecule has 1 saturated carbocycles. The summed E-state index contributed by atoms with van der Waals surface area (Å²) in [6.07, 6.45) is 8.84. The monoisotopic (exact) mass is 288 g/mol. The van der Waals surface area contributed by atoms with Gasteiger partial charge in [-0.1, -0.05) is 31.4 Å². The summed E-state index contributed by atoms with van der Waals surface area (Å²) in [5.41, 5.74) is 0.844. The van der Waals surface area contributed by atoms with Crippen molar-refractivity contribution in [2.24, 2.45) is 0 Å². The second-order valence-corrected chi connectivity index (χ2v) is 6.42. The lowest BCUT2D eigenvalue weighted by Gasteiger charge is -2.33. The highest BCUT2D eigenvalue weighted by molar-refractivity contribution is 5.94. The topological polar surface area (TPSA) is 35.5 Å². The molecule has 0 aromatic heterocycles. The Bertz CT molecular complexity index is 503. The molecule has 1 atom stereocenters. The van der Waals surface area contributed by atoms with Gasteiger partial charge in [0.2, 0.25) is 0 Å². The van der Waals surface area contributed by atoms with E-state index >= 15 is 0 Å². The summed E-state index contributed by atoms with van der Waals surface area (Å²) in [6.45, 7) is 2.16. The predicted octanol–water partition coefficient (Wildman–Crippen LogP) is 4.15. The summed E-state index contributed by atoms with van der Waals surface area (Å²) in [6, 6.07) is 7.40. The smallest absolute Gasteiger partial charge is 0.159 e. The number of Topliss-reactive ketones (excluding diaryl/α,β-unsaturated/α-hetero) is 1. The Morgan fingerprint density at radius 3 is 2.86 bits per heavy atom. The van der Waals surface area contributed by atoms with Gasteiger partial charge in [0.25, 0.3) is 0 Å². The van der Waals surface area contributed by atoms with Gasteiger partial charge in [-0.3, -0.25) is 4.79 Å². The SMILES string of the molecule is CC(=O)c1cccc(OCC2CCC3(CCCCC3)O2)c1. The number of ether oxygens (including phenoxy) is 2. The van der Waals surface area contributed by atoms with E-state index in [1.54, 1.807) is 6.92 Å². The highest BCUT2D eigenvalue weighted by Crippen LogP contribution is 2.41. The van der Waals surface area contributed by atoms with Crippen molar-refractivity contribution >= 4 is 5.78 Å². The van der Waals surface area contributed by atoms with Crippen molar-refractivity contribution in [2.75, 3.05) is 6.61 Å². The minimum Gasteiger partial charge on any atom is -0.491 e. The van der Waals surface area contributed by atoms with Crippen LogP contribution in [0.25, 0.3) is 0 Å². The largest absolute Gasteiger partial charge is 0.491 e. The molecule has 1 unspecified atom stereocenters. The lowest BCUT2D eigenvalue weighted by atomic mass is 9.83. The van der Waals surface area contributed by atoms with E-state index in [0.717, 1.165) is 12.2 Å². The summed E-state index contributed by atoms with van der Waals surface area (Å²) in [5, 5.41) is 0. The molecule has 1 saturated heterocycles. The molecular formula is C18H24O3. The second-order valence-electron chi connectivity index (χ2n) is 6.42. The van der Waals surface area contributed by atoms with Crippen LogP contribution in [0.3, 0.4) is 0 Å². The maximum atomic E-state index is 11.4. The number of hydrogen-bond donors (Lipinski definition) is 0. The van der Waals surface area contributed by atoms with E-state index < -0.39 is 0 Å². The lowest BCUT2D eigenvalue weighted by Crippen LogP contribution is -2.32. The third-order valence-electron chi connectivity index (χ3n) is 4.78. The molecule has 3 heteroatoms. The molecule has 3 nitrogen and oxygen atoms in total. The fourth-order valence-electron chi connectivity index (χ4n) is 3.57. The Morgan fingerprint density at radius 2 is 2.10 bits per heavy atom. The molecule has 2 fully saturated rings. The van der Waals surface area contributed by atoms with Crippen molar-refractivity contribution < 1.29 is 14.3 Å². The number of rotatable bonds is 4. The van der Waals surface area contributed by atoms with Gasteiger partial charge in [-0.05, 0) is 44.7 Å². The van der Waals surface area contributed by atoms with Gasteiger partial charge in [0.15, 0.2) is 5.78 Å². The van der Waals surface area contributed by atoms with Crippen molar-refractivity contribution in [3.63, 3.8) is 0 Å². The lowest BCUT2D eigenvalue weighted by molar-refractivity contribution is -0.0748.